The summed E-state index contributed by atoms with van der Waals surface area (Å²) >= 11 is 0. The van der Waals surface area contributed by atoms with E-state index in [0.717, 1.165) is 53.8 Å². The Morgan fingerprint density at radius 2 is 1.79 bits per heavy atom. The number of piperazine rings is 1. The highest BCUT2D eigenvalue weighted by Gasteiger charge is 2.18. The Bertz CT molecular complexity index is 1010. The van der Waals surface area contributed by atoms with Crippen molar-refractivity contribution in [2.75, 3.05) is 26.2 Å². The van der Waals surface area contributed by atoms with Gasteiger partial charge in [-0.2, -0.15) is 4.73 Å². The molecule has 0 N–H and O–H groups in total. The van der Waals surface area contributed by atoms with E-state index in [1.54, 1.807) is 13.1 Å². The molecule has 5 heteroatoms. The molecule has 0 bridgehead atoms. The number of benzene rings is 2. The zero-order valence-electron chi connectivity index (χ0n) is 16.4. The molecule has 0 radical (unpaired) electrons. The van der Waals surface area contributed by atoms with Gasteiger partial charge >= 0.3 is 0 Å². The molecule has 1 amide bonds. The second kappa shape index (κ2) is 7.60. The molecule has 144 valence electrons. The molecule has 1 saturated heterocycles. The number of hydrogen-bond donors (Lipinski definition) is 0. The molecule has 0 aliphatic carbocycles. The minimum Gasteiger partial charge on any atom is -0.618 e. The Labute approximate surface area is 165 Å². The molecule has 0 spiro atoms. The molecule has 0 unspecified atom stereocenters. The van der Waals surface area contributed by atoms with Crippen LogP contribution in [0.3, 0.4) is 0 Å². The van der Waals surface area contributed by atoms with Gasteiger partial charge in [0.25, 0.3) is 0 Å². The van der Waals surface area contributed by atoms with E-state index in [1.807, 2.05) is 35.2 Å². The van der Waals surface area contributed by atoms with Crippen molar-refractivity contribution in [1.82, 2.24) is 9.80 Å². The van der Waals surface area contributed by atoms with Gasteiger partial charge in [0.2, 0.25) is 11.6 Å². The summed E-state index contributed by atoms with van der Waals surface area (Å²) in [6.45, 7) is 7.93. The second-order valence-electron chi connectivity index (χ2n) is 7.54. The Balaban J connectivity index is 1.51. The van der Waals surface area contributed by atoms with E-state index in [0.29, 0.717) is 5.69 Å². The van der Waals surface area contributed by atoms with Crippen molar-refractivity contribution >= 4 is 16.7 Å². The van der Waals surface area contributed by atoms with Gasteiger partial charge in [0.05, 0.1) is 0 Å². The van der Waals surface area contributed by atoms with Crippen molar-refractivity contribution in [2.45, 2.75) is 20.4 Å². The first-order valence-electron chi connectivity index (χ1n) is 9.71. The van der Waals surface area contributed by atoms with Crippen molar-refractivity contribution in [2.24, 2.45) is 0 Å². The highest BCUT2D eigenvalue weighted by molar-refractivity contribution is 5.86. The van der Waals surface area contributed by atoms with Crippen molar-refractivity contribution in [3.05, 3.63) is 71.1 Å². The summed E-state index contributed by atoms with van der Waals surface area (Å²) in [6.07, 6.45) is 1.65. The van der Waals surface area contributed by atoms with Crippen molar-refractivity contribution in [3.63, 3.8) is 0 Å². The summed E-state index contributed by atoms with van der Waals surface area (Å²) in [6, 6.07) is 16.2. The number of hydrogen-bond acceptors (Lipinski definition) is 3. The Morgan fingerprint density at radius 1 is 1.07 bits per heavy atom. The van der Waals surface area contributed by atoms with E-state index in [1.165, 1.54) is 11.1 Å². The zero-order chi connectivity index (χ0) is 19.7. The Hall–Kier alpha value is -2.92. The van der Waals surface area contributed by atoms with E-state index in [-0.39, 0.29) is 5.91 Å². The molecule has 0 atom stereocenters. The van der Waals surface area contributed by atoms with Crippen LogP contribution >= 0.6 is 0 Å². The minimum atomic E-state index is 0.153. The fourth-order valence-electron chi connectivity index (χ4n) is 3.88. The third kappa shape index (κ3) is 3.71. The lowest BCUT2D eigenvalue weighted by atomic mass is 10.0. The van der Waals surface area contributed by atoms with Crippen molar-refractivity contribution in [3.8, 4) is 11.3 Å². The van der Waals surface area contributed by atoms with E-state index in [4.69, 9.17) is 0 Å². The van der Waals surface area contributed by atoms with Crippen LogP contribution in [-0.2, 0) is 11.3 Å². The van der Waals surface area contributed by atoms with Crippen molar-refractivity contribution in [1.29, 1.82) is 0 Å². The highest BCUT2D eigenvalue weighted by atomic mass is 16.5. The zero-order valence-corrected chi connectivity index (χ0v) is 16.4. The van der Waals surface area contributed by atoms with Crippen LogP contribution in [0.2, 0.25) is 0 Å². The lowest BCUT2D eigenvalue weighted by Crippen LogP contribution is -2.47. The smallest absolute Gasteiger partial charge is 0.224 e. The molecule has 1 aliphatic rings. The van der Waals surface area contributed by atoms with Crippen LogP contribution in [0.15, 0.2) is 54.7 Å². The maximum atomic E-state index is 12.5. The molecule has 0 saturated carbocycles. The fraction of sp³-hybridized carbons (Fsp3) is 0.304. The standard InChI is InChI=1S/C23H25N3O2/c1-17-4-3-5-21-16-26(28)23(14-22(17)21)20-8-6-19(7-9-20)15-24-10-12-25(13-11-24)18(2)27/h3-9,14,16H,10-13,15H2,1-2H3. The topological polar surface area (TPSA) is 50.5 Å². The molecule has 1 fully saturated rings. The van der Waals surface area contributed by atoms with Crippen LogP contribution in [-0.4, -0.2) is 41.9 Å². The summed E-state index contributed by atoms with van der Waals surface area (Å²) in [5.41, 5.74) is 3.98. The number of aryl methyl sites for hydroxylation is 1. The predicted molar refractivity (Wildman–Crippen MR) is 111 cm³/mol. The van der Waals surface area contributed by atoms with Gasteiger partial charge in [-0.15, -0.1) is 0 Å². The molecule has 4 rings (SSSR count). The number of aromatic nitrogens is 1. The molecule has 1 aromatic heterocycles. The molecule has 2 aromatic carbocycles. The van der Waals surface area contributed by atoms with E-state index < -0.39 is 0 Å². The van der Waals surface area contributed by atoms with E-state index >= 15 is 0 Å². The van der Waals surface area contributed by atoms with Gasteiger partial charge in [-0.05, 0) is 41.6 Å². The molecule has 2 heterocycles. The monoisotopic (exact) mass is 375 g/mol. The summed E-state index contributed by atoms with van der Waals surface area (Å²) in [4.78, 5) is 15.7. The highest BCUT2D eigenvalue weighted by Crippen LogP contribution is 2.23. The summed E-state index contributed by atoms with van der Waals surface area (Å²) < 4.78 is 0.956. The Kier molecular flexibility index (Phi) is 5.01. The second-order valence-corrected chi connectivity index (χ2v) is 7.54. The first-order chi connectivity index (χ1) is 13.5. The first-order valence-corrected chi connectivity index (χ1v) is 9.71. The molecular formula is C23H25N3O2. The Morgan fingerprint density at radius 3 is 2.46 bits per heavy atom. The van der Waals surface area contributed by atoms with Crippen LogP contribution in [0, 0.1) is 12.1 Å². The fourth-order valence-corrected chi connectivity index (χ4v) is 3.88. The van der Waals surface area contributed by atoms with Gasteiger partial charge in [0.15, 0.2) is 6.20 Å². The number of fused-ring (bicyclic) bond motifs is 1. The number of rotatable bonds is 3. The maximum Gasteiger partial charge on any atom is 0.224 e. The SMILES string of the molecule is CC(=O)N1CCN(Cc2ccc(-c3cc4c(C)cccc4c[n+]3[O-])cc2)CC1. The summed E-state index contributed by atoms with van der Waals surface area (Å²) in [5.74, 6) is 0.153. The van der Waals surface area contributed by atoms with Crippen LogP contribution in [0.4, 0.5) is 0 Å². The van der Waals surface area contributed by atoms with Crippen LogP contribution in [0.1, 0.15) is 18.1 Å². The number of carbonyl (C=O) groups excluding carboxylic acids is 1. The molecule has 5 nitrogen and oxygen atoms in total. The van der Waals surface area contributed by atoms with Crippen LogP contribution in [0.5, 0.6) is 0 Å². The first kappa shape index (κ1) is 18.4. The summed E-state index contributed by atoms with van der Waals surface area (Å²) in [5, 5.41) is 14.6. The maximum absolute atomic E-state index is 12.5. The van der Waals surface area contributed by atoms with Crippen LogP contribution < -0.4 is 4.73 Å². The third-order valence-corrected chi connectivity index (χ3v) is 5.61. The molecular weight excluding hydrogens is 350 g/mol. The van der Waals surface area contributed by atoms with Gasteiger partial charge in [-0.3, -0.25) is 9.69 Å². The molecule has 1 aliphatic heterocycles. The van der Waals surface area contributed by atoms with Crippen molar-refractivity contribution < 1.29 is 9.52 Å². The molecule has 28 heavy (non-hydrogen) atoms. The van der Waals surface area contributed by atoms with Crippen LogP contribution in [0.25, 0.3) is 22.0 Å². The van der Waals surface area contributed by atoms with Gasteiger partial charge in [0.1, 0.15) is 0 Å². The minimum absolute atomic E-state index is 0.153. The number of amides is 1. The number of carbonyl (C=O) groups is 1. The third-order valence-electron chi connectivity index (χ3n) is 5.61. The van der Waals surface area contributed by atoms with Gasteiger partial charge in [-0.25, -0.2) is 0 Å². The molecule has 3 aromatic rings. The summed E-state index contributed by atoms with van der Waals surface area (Å²) in [7, 11) is 0. The average molecular weight is 375 g/mol. The largest absolute Gasteiger partial charge is 0.618 e. The van der Waals surface area contributed by atoms with Gasteiger partial charge in [0, 0.05) is 56.7 Å². The van der Waals surface area contributed by atoms with Gasteiger partial charge in [-0.1, -0.05) is 24.3 Å². The van der Waals surface area contributed by atoms with Gasteiger partial charge < -0.3 is 10.1 Å². The predicted octanol–water partition coefficient (Wildman–Crippen LogP) is 3.11. The average Bonchev–Trinajstić information content (AvgIpc) is 2.69. The lowest BCUT2D eigenvalue weighted by molar-refractivity contribution is -0.592. The van der Waals surface area contributed by atoms with E-state index in [9.17, 15) is 10.0 Å². The van der Waals surface area contributed by atoms with E-state index in [2.05, 4.69) is 30.0 Å². The normalized spacial score (nSPS) is 15.1. The number of nitrogens with zero attached hydrogens (tertiary/aromatic N) is 3. The lowest BCUT2D eigenvalue weighted by Gasteiger charge is -2.34. The number of pyridine rings is 1. The quantitative estimate of drug-likeness (QED) is 0.522.